The second kappa shape index (κ2) is 11.1. The van der Waals surface area contributed by atoms with Gasteiger partial charge in [-0.15, -0.1) is 11.3 Å². The molecule has 1 aromatic heterocycles. The molecule has 10 heteroatoms. The van der Waals surface area contributed by atoms with Gasteiger partial charge in [-0.2, -0.15) is 5.01 Å². The second-order valence-corrected chi connectivity index (χ2v) is 11.1. The summed E-state index contributed by atoms with van der Waals surface area (Å²) in [5, 5.41) is 3.68. The Kier molecular flexibility index (Phi) is 7.63. The van der Waals surface area contributed by atoms with Crippen molar-refractivity contribution in [2.75, 3.05) is 6.54 Å². The maximum Gasteiger partial charge on any atom is 0.353 e. The highest BCUT2D eigenvalue weighted by atomic mass is 35.5. The van der Waals surface area contributed by atoms with E-state index in [1.807, 2.05) is 6.92 Å². The van der Waals surface area contributed by atoms with E-state index in [0.717, 1.165) is 16.4 Å². The standard InChI is InChI=1S/C29H25ClN2O6S/c1-17-8-13-20-22(15-17)28(36)32(27(20)35)31(26(34)21-5-2-3-6-23(21)30)16-24(33)18-9-11-19(12-10-18)38-29(37)25-7-4-14-39-25/h2-7,9-12,14,17,20,22H,8,13,15-16H2,1H3/t17-,20+,22+/m1/s1. The third-order valence-electron chi connectivity index (χ3n) is 7.15. The van der Waals surface area contributed by atoms with Gasteiger partial charge in [-0.25, -0.2) is 9.80 Å². The van der Waals surface area contributed by atoms with Crippen LogP contribution in [0.1, 0.15) is 56.6 Å². The topological polar surface area (TPSA) is 101 Å². The van der Waals surface area contributed by atoms with Crippen LogP contribution in [0.5, 0.6) is 5.75 Å². The lowest BCUT2D eigenvalue weighted by molar-refractivity contribution is -0.154. The van der Waals surface area contributed by atoms with Crippen molar-refractivity contribution >= 4 is 52.4 Å². The van der Waals surface area contributed by atoms with Gasteiger partial charge >= 0.3 is 5.97 Å². The summed E-state index contributed by atoms with van der Waals surface area (Å²) >= 11 is 7.52. The van der Waals surface area contributed by atoms with Crippen LogP contribution in [0.3, 0.4) is 0 Å². The number of hydrazine groups is 1. The number of rotatable bonds is 7. The molecule has 1 saturated heterocycles. The van der Waals surface area contributed by atoms with Crippen LogP contribution in [0.4, 0.5) is 0 Å². The molecule has 200 valence electrons. The number of esters is 1. The Bertz CT molecular complexity index is 1440. The normalized spacial score (nSPS) is 20.5. The van der Waals surface area contributed by atoms with E-state index in [4.69, 9.17) is 16.3 Å². The number of fused-ring (bicyclic) bond motifs is 1. The number of ketones is 1. The van der Waals surface area contributed by atoms with Gasteiger partial charge in [0.05, 0.1) is 22.4 Å². The molecule has 1 aliphatic carbocycles. The highest BCUT2D eigenvalue weighted by molar-refractivity contribution is 7.12. The minimum atomic E-state index is -0.719. The monoisotopic (exact) mass is 564 g/mol. The van der Waals surface area contributed by atoms with Gasteiger partial charge in [-0.3, -0.25) is 19.2 Å². The van der Waals surface area contributed by atoms with Gasteiger partial charge in [0.2, 0.25) is 0 Å². The largest absolute Gasteiger partial charge is 0.422 e. The molecule has 1 aliphatic heterocycles. The van der Waals surface area contributed by atoms with E-state index in [9.17, 15) is 24.0 Å². The number of carbonyl (C=O) groups excluding carboxylic acids is 5. The molecular formula is C29H25ClN2O6S. The van der Waals surface area contributed by atoms with Crippen molar-refractivity contribution in [2.45, 2.75) is 26.2 Å². The number of ether oxygens (including phenoxy) is 1. The van der Waals surface area contributed by atoms with Crippen molar-refractivity contribution in [1.29, 1.82) is 0 Å². The van der Waals surface area contributed by atoms with Crippen molar-refractivity contribution in [3.8, 4) is 5.75 Å². The number of Topliss-reactive ketones (excluding diaryl/α,β-unsaturated/α-hetero) is 1. The molecular weight excluding hydrogens is 540 g/mol. The number of carbonyl (C=O) groups is 5. The molecule has 0 bridgehead atoms. The van der Waals surface area contributed by atoms with E-state index in [0.29, 0.717) is 17.7 Å². The maximum absolute atomic E-state index is 13.7. The van der Waals surface area contributed by atoms with Crippen molar-refractivity contribution in [1.82, 2.24) is 10.0 Å². The van der Waals surface area contributed by atoms with Gasteiger partial charge in [0.25, 0.3) is 17.7 Å². The molecule has 3 amide bonds. The lowest BCUT2D eigenvalue weighted by Gasteiger charge is -2.30. The first-order valence-electron chi connectivity index (χ1n) is 12.6. The van der Waals surface area contributed by atoms with Crippen LogP contribution in [0.25, 0.3) is 0 Å². The molecule has 3 atom stereocenters. The summed E-state index contributed by atoms with van der Waals surface area (Å²) in [6, 6.07) is 15.5. The van der Waals surface area contributed by atoms with Crippen LogP contribution in [0.2, 0.25) is 5.02 Å². The van der Waals surface area contributed by atoms with Crippen LogP contribution in [-0.4, -0.2) is 46.0 Å². The van der Waals surface area contributed by atoms with Gasteiger partial charge in [-0.1, -0.05) is 36.7 Å². The van der Waals surface area contributed by atoms with E-state index in [1.165, 1.54) is 47.7 Å². The number of imide groups is 1. The number of halogens is 1. The second-order valence-electron chi connectivity index (χ2n) is 9.78. The molecule has 2 aliphatic rings. The summed E-state index contributed by atoms with van der Waals surface area (Å²) < 4.78 is 5.34. The minimum absolute atomic E-state index is 0.0756. The Balaban J connectivity index is 1.40. The number of benzene rings is 2. The lowest BCUT2D eigenvalue weighted by atomic mass is 9.76. The third-order valence-corrected chi connectivity index (χ3v) is 8.33. The quantitative estimate of drug-likeness (QED) is 0.167. The molecule has 0 N–H and O–H groups in total. The fourth-order valence-electron chi connectivity index (χ4n) is 5.11. The first-order chi connectivity index (χ1) is 18.7. The van der Waals surface area contributed by atoms with Crippen LogP contribution in [-0.2, 0) is 9.59 Å². The highest BCUT2D eigenvalue weighted by Crippen LogP contribution is 2.41. The molecule has 8 nitrogen and oxygen atoms in total. The Labute approximate surface area is 234 Å². The summed E-state index contributed by atoms with van der Waals surface area (Å²) in [4.78, 5) is 66.5. The Morgan fingerprint density at radius 3 is 2.38 bits per heavy atom. The summed E-state index contributed by atoms with van der Waals surface area (Å²) in [5.41, 5.74) is 0.291. The van der Waals surface area contributed by atoms with Crippen molar-refractivity contribution in [2.24, 2.45) is 17.8 Å². The molecule has 5 rings (SSSR count). The fourth-order valence-corrected chi connectivity index (χ4v) is 5.92. The number of hydrogen-bond acceptors (Lipinski definition) is 7. The Morgan fingerprint density at radius 1 is 0.974 bits per heavy atom. The zero-order valence-electron chi connectivity index (χ0n) is 21.0. The molecule has 2 heterocycles. The fraction of sp³-hybridized carbons (Fsp3) is 0.276. The molecule has 39 heavy (non-hydrogen) atoms. The maximum atomic E-state index is 13.7. The first-order valence-corrected chi connectivity index (χ1v) is 13.8. The van der Waals surface area contributed by atoms with E-state index < -0.39 is 47.9 Å². The molecule has 1 saturated carbocycles. The lowest BCUT2D eigenvalue weighted by Crippen LogP contribution is -2.52. The summed E-state index contributed by atoms with van der Waals surface area (Å²) in [6.07, 6.45) is 1.93. The Morgan fingerprint density at radius 2 is 1.69 bits per heavy atom. The Hall–Kier alpha value is -3.82. The van der Waals surface area contributed by atoms with Crippen LogP contribution < -0.4 is 4.74 Å². The average Bonchev–Trinajstić information content (AvgIpc) is 3.55. The van der Waals surface area contributed by atoms with Crippen LogP contribution in [0, 0.1) is 17.8 Å². The van der Waals surface area contributed by atoms with E-state index >= 15 is 0 Å². The van der Waals surface area contributed by atoms with Gasteiger partial charge < -0.3 is 4.74 Å². The number of thiophene rings is 1. The summed E-state index contributed by atoms with van der Waals surface area (Å²) in [7, 11) is 0. The van der Waals surface area contributed by atoms with Gasteiger partial charge in [0.15, 0.2) is 5.78 Å². The van der Waals surface area contributed by atoms with Gasteiger partial charge in [-0.05, 0) is 73.0 Å². The molecule has 3 aromatic rings. The predicted octanol–water partition coefficient (Wildman–Crippen LogP) is 5.28. The van der Waals surface area contributed by atoms with Crippen LogP contribution >= 0.6 is 22.9 Å². The number of nitrogens with zero attached hydrogens (tertiary/aromatic N) is 2. The highest BCUT2D eigenvalue weighted by Gasteiger charge is 2.53. The zero-order chi connectivity index (χ0) is 27.7. The van der Waals surface area contributed by atoms with Gasteiger partial charge in [0.1, 0.15) is 17.2 Å². The molecule has 2 fully saturated rings. The molecule has 2 aromatic carbocycles. The van der Waals surface area contributed by atoms with E-state index in [2.05, 4.69) is 0 Å². The molecule has 0 radical (unpaired) electrons. The van der Waals surface area contributed by atoms with Crippen molar-refractivity contribution < 1.29 is 28.7 Å². The molecule has 0 unspecified atom stereocenters. The minimum Gasteiger partial charge on any atom is -0.422 e. The zero-order valence-corrected chi connectivity index (χ0v) is 22.6. The van der Waals surface area contributed by atoms with Gasteiger partial charge in [0, 0.05) is 5.56 Å². The third kappa shape index (κ3) is 5.37. The predicted molar refractivity (Wildman–Crippen MR) is 144 cm³/mol. The average molecular weight is 565 g/mol. The first kappa shape index (κ1) is 26.8. The van der Waals surface area contributed by atoms with Crippen LogP contribution in [0.15, 0.2) is 66.0 Å². The summed E-state index contributed by atoms with van der Waals surface area (Å²) in [5.74, 6) is -3.18. The molecule has 0 spiro atoms. The van der Waals surface area contributed by atoms with Crippen molar-refractivity contribution in [3.63, 3.8) is 0 Å². The summed E-state index contributed by atoms with van der Waals surface area (Å²) in [6.45, 7) is 1.49. The van der Waals surface area contributed by atoms with E-state index in [-0.39, 0.29) is 27.8 Å². The number of amides is 3. The smallest absolute Gasteiger partial charge is 0.353 e. The van der Waals surface area contributed by atoms with Crippen molar-refractivity contribution in [3.05, 3.63) is 87.1 Å². The number of hydrogen-bond donors (Lipinski definition) is 0. The SMILES string of the molecule is C[C@@H]1CC[C@@H]2C(=O)N(N(CC(=O)c3ccc(OC(=O)c4cccs4)cc3)C(=O)c3ccccc3Cl)C(=O)[C@H]2C1. The van der Waals surface area contributed by atoms with E-state index in [1.54, 1.807) is 29.6 Å².